The third-order valence-corrected chi connectivity index (χ3v) is 4.07. The first-order valence-electron chi connectivity index (χ1n) is 8.11. The van der Waals surface area contributed by atoms with Gasteiger partial charge in [-0.25, -0.2) is 0 Å². The molecule has 2 aromatic heterocycles. The number of allylic oxidation sites excluding steroid dienone is 2. The second-order valence-corrected chi connectivity index (χ2v) is 6.61. The molecule has 0 saturated heterocycles. The summed E-state index contributed by atoms with van der Waals surface area (Å²) in [5.41, 5.74) is 2.35. The van der Waals surface area contributed by atoms with Crippen LogP contribution in [0.4, 0.5) is 0 Å². The Labute approximate surface area is 151 Å². The summed E-state index contributed by atoms with van der Waals surface area (Å²) in [6, 6.07) is 3.73. The van der Waals surface area contributed by atoms with Crippen LogP contribution >= 0.6 is 0 Å². The molecule has 26 heavy (non-hydrogen) atoms. The largest absolute Gasteiger partial charge is 0.865 e. The van der Waals surface area contributed by atoms with Gasteiger partial charge in [0.05, 0.1) is 0 Å². The van der Waals surface area contributed by atoms with Gasteiger partial charge in [0.2, 0.25) is 11.6 Å². The first-order chi connectivity index (χ1) is 12.2. The van der Waals surface area contributed by atoms with Crippen molar-refractivity contribution in [2.45, 2.75) is 27.7 Å². The highest BCUT2D eigenvalue weighted by Gasteiger charge is 2.37. The summed E-state index contributed by atoms with van der Waals surface area (Å²) in [5, 5.41) is 25.3. The van der Waals surface area contributed by atoms with Crippen LogP contribution in [-0.2, 0) is 9.59 Å². The lowest BCUT2D eigenvalue weighted by Gasteiger charge is -2.22. The van der Waals surface area contributed by atoms with Crippen LogP contribution in [-0.4, -0.2) is 11.6 Å². The van der Waals surface area contributed by atoms with Gasteiger partial charge in [-0.3, -0.25) is 9.59 Å². The van der Waals surface area contributed by atoms with E-state index in [0.29, 0.717) is 0 Å². The number of hydrogen-bond acceptors (Lipinski definition) is 4. The van der Waals surface area contributed by atoms with Crippen molar-refractivity contribution in [3.63, 3.8) is 0 Å². The number of nitrogens with zero attached hydrogens (tertiary/aromatic N) is 2. The van der Waals surface area contributed by atoms with Crippen LogP contribution in [0.2, 0.25) is 0 Å². The van der Waals surface area contributed by atoms with Crippen molar-refractivity contribution in [1.29, 1.82) is 0 Å². The molecule has 0 atom stereocenters. The summed E-state index contributed by atoms with van der Waals surface area (Å²) < 4.78 is 2.54. The predicted octanol–water partition coefficient (Wildman–Crippen LogP) is -0.595. The van der Waals surface area contributed by atoms with Crippen LogP contribution in [0.15, 0.2) is 48.4 Å². The van der Waals surface area contributed by atoms with Crippen LogP contribution < -0.4 is 19.3 Å². The molecule has 0 saturated carbocycles. The number of pyridine rings is 2. The zero-order valence-electron chi connectivity index (χ0n) is 15.0. The van der Waals surface area contributed by atoms with Crippen LogP contribution in [0.3, 0.4) is 0 Å². The summed E-state index contributed by atoms with van der Waals surface area (Å²) in [6.07, 6.45) is 6.20. The number of hydrogen-bond donors (Lipinski definition) is 0. The van der Waals surface area contributed by atoms with Gasteiger partial charge in [-0.05, 0) is 39.8 Å². The molecule has 0 aliphatic heterocycles. The highest BCUT2D eigenvalue weighted by molar-refractivity contribution is 6.38. The average molecular weight is 350 g/mol. The maximum Gasteiger partial charge on any atom is 0.254 e. The Morgan fingerprint density at radius 1 is 0.615 bits per heavy atom. The average Bonchev–Trinajstić information content (AvgIpc) is 2.51. The number of ketones is 2. The van der Waals surface area contributed by atoms with Crippen LogP contribution in [0.1, 0.15) is 22.3 Å². The zero-order chi connectivity index (χ0) is 19.2. The van der Waals surface area contributed by atoms with Crippen molar-refractivity contribution in [2.75, 3.05) is 0 Å². The molecule has 0 aromatic carbocycles. The summed E-state index contributed by atoms with van der Waals surface area (Å²) >= 11 is 0. The number of aromatic nitrogens is 2. The summed E-state index contributed by atoms with van der Waals surface area (Å²) in [6.45, 7) is 7.20. The monoisotopic (exact) mass is 350 g/mol. The van der Waals surface area contributed by atoms with Crippen molar-refractivity contribution in [2.24, 2.45) is 0 Å². The number of rotatable bonds is 2. The van der Waals surface area contributed by atoms with E-state index in [2.05, 4.69) is 0 Å². The number of carbonyl (C=O) groups is 2. The fourth-order valence-electron chi connectivity index (χ4n) is 3.18. The molecule has 3 rings (SSSR count). The Morgan fingerprint density at radius 2 is 0.885 bits per heavy atom. The molecule has 0 N–H and O–H groups in total. The lowest BCUT2D eigenvalue weighted by Crippen LogP contribution is -2.50. The lowest BCUT2D eigenvalue weighted by atomic mass is 10.0. The molecule has 132 valence electrons. The van der Waals surface area contributed by atoms with Gasteiger partial charge in [0, 0.05) is 33.8 Å². The molecular formula is C20H18N2O4. The summed E-state index contributed by atoms with van der Waals surface area (Å²) in [5.74, 6) is -3.92. The molecule has 1 aliphatic rings. The van der Waals surface area contributed by atoms with E-state index < -0.39 is 34.5 Å². The Bertz CT molecular complexity index is 908. The minimum absolute atomic E-state index is 0.430. The lowest BCUT2D eigenvalue weighted by molar-refractivity contribution is -0.588. The second-order valence-electron chi connectivity index (χ2n) is 6.61. The zero-order valence-corrected chi connectivity index (χ0v) is 15.0. The SMILES string of the molecule is Cc1cc(C)c[n+](C2=C([O-])C(=O)C([n+]3cc(C)cc(C)c3)=C([O-])C2=O)c1. The Morgan fingerprint density at radius 3 is 1.15 bits per heavy atom. The normalized spacial score (nSPS) is 15.1. The molecule has 0 radical (unpaired) electrons. The Hall–Kier alpha value is -3.28. The fourth-order valence-corrected chi connectivity index (χ4v) is 3.18. The van der Waals surface area contributed by atoms with Crippen molar-refractivity contribution in [3.05, 3.63) is 70.7 Å². The Kier molecular flexibility index (Phi) is 4.20. The van der Waals surface area contributed by atoms with E-state index in [0.717, 1.165) is 22.3 Å². The third-order valence-electron chi connectivity index (χ3n) is 4.07. The summed E-state index contributed by atoms with van der Waals surface area (Å²) in [4.78, 5) is 25.3. The number of aryl methyl sites for hydroxylation is 4. The van der Waals surface area contributed by atoms with E-state index in [1.807, 2.05) is 12.1 Å². The van der Waals surface area contributed by atoms with Crippen molar-refractivity contribution < 1.29 is 28.9 Å². The topological polar surface area (TPSA) is 88.0 Å². The van der Waals surface area contributed by atoms with E-state index in [9.17, 15) is 19.8 Å². The van der Waals surface area contributed by atoms with Gasteiger partial charge in [0.1, 0.15) is 0 Å². The molecule has 6 heteroatoms. The van der Waals surface area contributed by atoms with E-state index in [4.69, 9.17) is 0 Å². The number of Topliss-reactive ketones (excluding diaryl/α,β-unsaturated/α-hetero) is 2. The molecule has 0 amide bonds. The molecule has 0 bridgehead atoms. The van der Waals surface area contributed by atoms with Gasteiger partial charge in [-0.1, -0.05) is 0 Å². The maximum atomic E-state index is 12.6. The maximum absolute atomic E-state index is 12.6. The molecule has 0 fully saturated rings. The first kappa shape index (κ1) is 17.5. The fraction of sp³-hybridized carbons (Fsp3) is 0.200. The predicted molar refractivity (Wildman–Crippen MR) is 88.7 cm³/mol. The minimum Gasteiger partial charge on any atom is -0.865 e. The second kappa shape index (κ2) is 6.22. The smallest absolute Gasteiger partial charge is 0.254 e. The first-order valence-corrected chi connectivity index (χ1v) is 8.11. The van der Waals surface area contributed by atoms with Gasteiger partial charge in [-0.2, -0.15) is 9.13 Å². The van der Waals surface area contributed by atoms with Crippen LogP contribution in [0.5, 0.6) is 0 Å². The minimum atomic E-state index is -0.980. The van der Waals surface area contributed by atoms with Crippen LogP contribution in [0.25, 0.3) is 11.4 Å². The van der Waals surface area contributed by atoms with E-state index in [-0.39, 0.29) is 0 Å². The summed E-state index contributed by atoms with van der Waals surface area (Å²) in [7, 11) is 0. The highest BCUT2D eigenvalue weighted by Crippen LogP contribution is 2.20. The molecule has 2 aromatic rings. The molecule has 0 unspecified atom stereocenters. The van der Waals surface area contributed by atoms with Crippen LogP contribution in [0, 0.1) is 27.7 Å². The molecule has 6 nitrogen and oxygen atoms in total. The molecule has 1 aliphatic carbocycles. The standard InChI is InChI=1S/C20H18N2O4/c1-11-5-12(2)8-21(7-11)15-17(23)19(25)16(20(26)18(15)24)22-9-13(3)6-14(4)10-22/h5-10H,1-4H3. The van der Waals surface area contributed by atoms with Gasteiger partial charge in [0.15, 0.2) is 24.8 Å². The molecular weight excluding hydrogens is 332 g/mol. The van der Waals surface area contributed by atoms with Gasteiger partial charge in [0.25, 0.3) is 11.4 Å². The van der Waals surface area contributed by atoms with E-state index >= 15 is 0 Å². The Balaban J connectivity index is 2.19. The molecule has 2 heterocycles. The van der Waals surface area contributed by atoms with Gasteiger partial charge >= 0.3 is 0 Å². The van der Waals surface area contributed by atoms with Gasteiger partial charge in [-0.15, -0.1) is 0 Å². The quantitative estimate of drug-likeness (QED) is 0.535. The molecule has 0 spiro atoms. The highest BCUT2D eigenvalue weighted by atomic mass is 16.3. The van der Waals surface area contributed by atoms with Crippen molar-refractivity contribution in [1.82, 2.24) is 0 Å². The third kappa shape index (κ3) is 2.90. The number of carbonyl (C=O) groups excluding carboxylic acids is 2. The van der Waals surface area contributed by atoms with E-state index in [1.54, 1.807) is 52.5 Å². The van der Waals surface area contributed by atoms with Gasteiger partial charge < -0.3 is 10.2 Å². The van der Waals surface area contributed by atoms with E-state index in [1.165, 1.54) is 9.13 Å². The van der Waals surface area contributed by atoms with Crippen molar-refractivity contribution >= 4 is 23.0 Å². The van der Waals surface area contributed by atoms with Crippen molar-refractivity contribution in [3.8, 4) is 0 Å².